The molecule has 2 amide bonds. The van der Waals surface area contributed by atoms with Crippen LogP contribution in [0.25, 0.3) is 0 Å². The number of amides is 2. The molecular weight excluding hydrogens is 274 g/mol. The van der Waals surface area contributed by atoms with E-state index in [1.54, 1.807) is 15.3 Å². The number of piperazine rings is 1. The molecule has 1 aromatic rings. The summed E-state index contributed by atoms with van der Waals surface area (Å²) in [5.74, 6) is 0.317. The summed E-state index contributed by atoms with van der Waals surface area (Å²) in [5.41, 5.74) is 2.63. The van der Waals surface area contributed by atoms with E-state index in [-0.39, 0.29) is 29.8 Å². The minimum absolute atomic E-state index is 0.0915. The number of nitrogens with zero attached hydrogens (tertiary/aromatic N) is 3. The van der Waals surface area contributed by atoms with Crippen LogP contribution in [-0.2, 0) is 16.1 Å². The molecule has 2 aliphatic rings. The molecular formula is C14H19N3O2S. The van der Waals surface area contributed by atoms with Crippen LogP contribution >= 0.6 is 11.3 Å². The van der Waals surface area contributed by atoms with E-state index < -0.39 is 0 Å². The number of fused-ring (bicyclic) bond motifs is 1. The van der Waals surface area contributed by atoms with Gasteiger partial charge in [-0.25, -0.2) is 4.98 Å². The zero-order valence-corrected chi connectivity index (χ0v) is 12.6. The molecule has 2 fully saturated rings. The molecule has 6 heteroatoms. The van der Waals surface area contributed by atoms with Crippen LogP contribution in [0.4, 0.5) is 0 Å². The van der Waals surface area contributed by atoms with Gasteiger partial charge < -0.3 is 9.80 Å². The maximum atomic E-state index is 12.7. The molecule has 0 bridgehead atoms. The summed E-state index contributed by atoms with van der Waals surface area (Å²) in [4.78, 5) is 33.1. The van der Waals surface area contributed by atoms with E-state index in [9.17, 15) is 9.59 Å². The lowest BCUT2D eigenvalue weighted by Gasteiger charge is -2.43. The Balaban J connectivity index is 1.91. The number of rotatable bonds is 3. The van der Waals surface area contributed by atoms with Gasteiger partial charge in [0.15, 0.2) is 0 Å². The molecule has 5 nitrogen and oxygen atoms in total. The maximum absolute atomic E-state index is 12.7. The van der Waals surface area contributed by atoms with Crippen LogP contribution in [0, 0.1) is 5.92 Å². The second-order valence-electron chi connectivity index (χ2n) is 5.82. The standard InChI is InChI=1S/C14H19N3O2S/c1-9(2)12-14(19)16-5-3-4-11(16)13(18)17(12)6-10-7-20-8-15-10/h7-9,11-12H,3-6H2,1-2H3. The average Bonchev–Trinajstić information content (AvgIpc) is 3.06. The third-order valence-electron chi connectivity index (χ3n) is 4.14. The van der Waals surface area contributed by atoms with Gasteiger partial charge in [-0.2, -0.15) is 0 Å². The first-order chi connectivity index (χ1) is 9.59. The number of aromatic nitrogens is 1. The Morgan fingerprint density at radius 3 is 2.85 bits per heavy atom. The largest absolute Gasteiger partial charge is 0.329 e. The minimum Gasteiger partial charge on any atom is -0.329 e. The van der Waals surface area contributed by atoms with E-state index in [0.29, 0.717) is 6.54 Å². The molecule has 108 valence electrons. The van der Waals surface area contributed by atoms with Gasteiger partial charge in [0.1, 0.15) is 12.1 Å². The monoisotopic (exact) mass is 293 g/mol. The van der Waals surface area contributed by atoms with Crippen LogP contribution in [0.15, 0.2) is 10.9 Å². The maximum Gasteiger partial charge on any atom is 0.246 e. The molecule has 0 radical (unpaired) electrons. The van der Waals surface area contributed by atoms with Crippen molar-refractivity contribution in [2.75, 3.05) is 6.54 Å². The number of hydrogen-bond donors (Lipinski definition) is 0. The molecule has 2 saturated heterocycles. The van der Waals surface area contributed by atoms with E-state index in [0.717, 1.165) is 25.1 Å². The van der Waals surface area contributed by atoms with Gasteiger partial charge >= 0.3 is 0 Å². The summed E-state index contributed by atoms with van der Waals surface area (Å²) in [5, 5.41) is 1.94. The van der Waals surface area contributed by atoms with Crippen molar-refractivity contribution in [1.29, 1.82) is 0 Å². The van der Waals surface area contributed by atoms with Crippen LogP contribution < -0.4 is 0 Å². The Bertz CT molecular complexity index is 514. The van der Waals surface area contributed by atoms with E-state index >= 15 is 0 Å². The van der Waals surface area contributed by atoms with Gasteiger partial charge in [-0.1, -0.05) is 13.8 Å². The van der Waals surface area contributed by atoms with Crippen molar-refractivity contribution in [2.24, 2.45) is 5.92 Å². The molecule has 0 aliphatic carbocycles. The molecule has 20 heavy (non-hydrogen) atoms. The smallest absolute Gasteiger partial charge is 0.246 e. The SMILES string of the molecule is CC(C)C1C(=O)N2CCCC2C(=O)N1Cc1cscn1. The van der Waals surface area contributed by atoms with Gasteiger partial charge in [0.05, 0.1) is 17.7 Å². The molecule has 2 aliphatic heterocycles. The quantitative estimate of drug-likeness (QED) is 0.848. The molecule has 2 atom stereocenters. The van der Waals surface area contributed by atoms with Gasteiger partial charge in [-0.15, -0.1) is 11.3 Å². The third-order valence-corrected chi connectivity index (χ3v) is 4.78. The lowest BCUT2D eigenvalue weighted by atomic mass is 9.96. The summed E-state index contributed by atoms with van der Waals surface area (Å²) in [6, 6.07) is -0.588. The van der Waals surface area contributed by atoms with Crippen LogP contribution in [0.5, 0.6) is 0 Å². The third kappa shape index (κ3) is 2.12. The second-order valence-corrected chi connectivity index (χ2v) is 6.54. The Morgan fingerprint density at radius 2 is 2.20 bits per heavy atom. The Kier molecular flexibility index (Phi) is 3.50. The molecule has 0 spiro atoms. The molecule has 3 rings (SSSR count). The zero-order valence-electron chi connectivity index (χ0n) is 11.8. The highest BCUT2D eigenvalue weighted by Crippen LogP contribution is 2.30. The Morgan fingerprint density at radius 1 is 1.40 bits per heavy atom. The van der Waals surface area contributed by atoms with E-state index in [4.69, 9.17) is 0 Å². The van der Waals surface area contributed by atoms with E-state index in [1.807, 2.05) is 19.2 Å². The number of hydrogen-bond acceptors (Lipinski definition) is 4. The fraction of sp³-hybridized carbons (Fsp3) is 0.643. The normalized spacial score (nSPS) is 26.6. The fourth-order valence-corrected chi connectivity index (χ4v) is 3.78. The van der Waals surface area contributed by atoms with Crippen molar-refractivity contribution < 1.29 is 9.59 Å². The molecule has 0 aromatic carbocycles. The Labute approximate surface area is 122 Å². The average molecular weight is 293 g/mol. The van der Waals surface area contributed by atoms with Crippen LogP contribution in [0.3, 0.4) is 0 Å². The van der Waals surface area contributed by atoms with E-state index in [2.05, 4.69) is 4.98 Å². The van der Waals surface area contributed by atoms with E-state index in [1.165, 1.54) is 11.3 Å². The van der Waals surface area contributed by atoms with Crippen molar-refractivity contribution in [3.8, 4) is 0 Å². The van der Waals surface area contributed by atoms with Gasteiger partial charge in [0, 0.05) is 11.9 Å². The Hall–Kier alpha value is -1.43. The van der Waals surface area contributed by atoms with Crippen molar-refractivity contribution in [1.82, 2.24) is 14.8 Å². The highest BCUT2D eigenvalue weighted by Gasteiger charge is 2.48. The van der Waals surface area contributed by atoms with Gasteiger partial charge in [-0.05, 0) is 18.8 Å². The van der Waals surface area contributed by atoms with Gasteiger partial charge in [0.2, 0.25) is 11.8 Å². The van der Waals surface area contributed by atoms with Gasteiger partial charge in [0.25, 0.3) is 0 Å². The molecule has 2 unspecified atom stereocenters. The topological polar surface area (TPSA) is 53.5 Å². The zero-order chi connectivity index (χ0) is 14.3. The predicted molar refractivity (Wildman–Crippen MR) is 76.0 cm³/mol. The summed E-state index contributed by atoms with van der Waals surface area (Å²) < 4.78 is 0. The molecule has 3 heterocycles. The summed E-state index contributed by atoms with van der Waals surface area (Å²) in [7, 11) is 0. The minimum atomic E-state index is -0.349. The number of carbonyl (C=O) groups is 2. The van der Waals surface area contributed by atoms with Crippen molar-refractivity contribution >= 4 is 23.2 Å². The van der Waals surface area contributed by atoms with Crippen molar-refractivity contribution in [2.45, 2.75) is 45.3 Å². The highest BCUT2D eigenvalue weighted by atomic mass is 32.1. The molecule has 1 aromatic heterocycles. The highest BCUT2D eigenvalue weighted by molar-refractivity contribution is 7.07. The lowest BCUT2D eigenvalue weighted by molar-refractivity contribution is -0.162. The first kappa shape index (κ1) is 13.5. The van der Waals surface area contributed by atoms with Gasteiger partial charge in [-0.3, -0.25) is 9.59 Å². The predicted octanol–water partition coefficient (Wildman–Crippen LogP) is 1.50. The number of carbonyl (C=O) groups excluding carboxylic acids is 2. The number of thiazole rings is 1. The summed E-state index contributed by atoms with van der Waals surface area (Å²) >= 11 is 1.51. The molecule has 0 N–H and O–H groups in total. The second kappa shape index (κ2) is 5.16. The first-order valence-corrected chi connectivity index (χ1v) is 8.02. The van der Waals surface area contributed by atoms with Crippen molar-refractivity contribution in [3.05, 3.63) is 16.6 Å². The van der Waals surface area contributed by atoms with Crippen molar-refractivity contribution in [3.63, 3.8) is 0 Å². The summed E-state index contributed by atoms with van der Waals surface area (Å²) in [6.07, 6.45) is 1.72. The lowest BCUT2D eigenvalue weighted by Crippen LogP contribution is -2.63. The van der Waals surface area contributed by atoms with Crippen LogP contribution in [0.2, 0.25) is 0 Å². The molecule has 0 saturated carbocycles. The summed E-state index contributed by atoms with van der Waals surface area (Å²) in [6.45, 7) is 5.17. The fourth-order valence-electron chi connectivity index (χ4n) is 3.23. The van der Waals surface area contributed by atoms with Crippen LogP contribution in [0.1, 0.15) is 32.4 Å². The first-order valence-electron chi connectivity index (χ1n) is 7.07. The van der Waals surface area contributed by atoms with Crippen LogP contribution in [-0.4, -0.2) is 45.2 Å².